The monoisotopic (exact) mass is 181 g/mol. The van der Waals surface area contributed by atoms with Crippen LogP contribution >= 0.6 is 0 Å². The van der Waals surface area contributed by atoms with Crippen molar-refractivity contribution in [1.29, 1.82) is 0 Å². The lowest BCUT2D eigenvalue weighted by molar-refractivity contribution is -0.123. The van der Waals surface area contributed by atoms with E-state index in [1.54, 1.807) is 0 Å². The van der Waals surface area contributed by atoms with Crippen molar-refractivity contribution in [2.45, 2.75) is 51.0 Å². The predicted molar refractivity (Wildman–Crippen MR) is 52.7 cm³/mol. The van der Waals surface area contributed by atoms with E-state index in [0.717, 1.165) is 32.0 Å². The van der Waals surface area contributed by atoms with E-state index in [-0.39, 0.29) is 0 Å². The average molecular weight is 181 g/mol. The van der Waals surface area contributed by atoms with E-state index in [1.165, 1.54) is 32.1 Å². The Bertz CT molecular complexity index is 185. The van der Waals surface area contributed by atoms with Crippen LogP contribution in [-0.2, 0) is 4.79 Å². The second kappa shape index (κ2) is 4.23. The van der Waals surface area contributed by atoms with Gasteiger partial charge in [-0.15, -0.1) is 0 Å². The van der Waals surface area contributed by atoms with E-state index in [9.17, 15) is 4.79 Å². The third-order valence-electron chi connectivity index (χ3n) is 3.37. The number of rotatable bonds is 1. The molecule has 1 aliphatic carbocycles. The fraction of sp³-hybridized carbons (Fsp3) is 0.909. The predicted octanol–water partition coefficient (Wildman–Crippen LogP) is 1.98. The SMILES string of the molecule is O=C1CCCN(C2CCCCC2)C1. The molecule has 0 aromatic carbocycles. The highest BCUT2D eigenvalue weighted by Gasteiger charge is 2.25. The van der Waals surface area contributed by atoms with Gasteiger partial charge in [0.05, 0.1) is 6.54 Å². The number of ketones is 1. The molecular weight excluding hydrogens is 162 g/mol. The van der Waals surface area contributed by atoms with E-state index in [0.29, 0.717) is 5.78 Å². The first-order valence-corrected chi connectivity index (χ1v) is 5.62. The van der Waals surface area contributed by atoms with Crippen LogP contribution in [0.2, 0.25) is 0 Å². The summed E-state index contributed by atoms with van der Waals surface area (Å²) in [5.41, 5.74) is 0. The zero-order valence-electron chi connectivity index (χ0n) is 8.30. The van der Waals surface area contributed by atoms with Gasteiger partial charge in [0.15, 0.2) is 0 Å². The Morgan fingerprint density at radius 2 is 1.85 bits per heavy atom. The van der Waals surface area contributed by atoms with Gasteiger partial charge in [-0.25, -0.2) is 0 Å². The number of Topliss-reactive ketones (excluding diaryl/α,β-unsaturated/α-hetero) is 1. The molecule has 1 heterocycles. The molecule has 74 valence electrons. The minimum absolute atomic E-state index is 0.455. The minimum atomic E-state index is 0.455. The number of likely N-dealkylation sites (tertiary alicyclic amines) is 1. The Morgan fingerprint density at radius 1 is 1.08 bits per heavy atom. The van der Waals surface area contributed by atoms with Crippen LogP contribution in [0.15, 0.2) is 0 Å². The van der Waals surface area contributed by atoms with E-state index in [1.807, 2.05) is 0 Å². The molecule has 0 bridgehead atoms. The summed E-state index contributed by atoms with van der Waals surface area (Å²) in [5.74, 6) is 0.455. The van der Waals surface area contributed by atoms with Crippen LogP contribution < -0.4 is 0 Å². The highest BCUT2D eigenvalue weighted by molar-refractivity contribution is 5.81. The maximum atomic E-state index is 11.3. The second-order valence-corrected chi connectivity index (χ2v) is 4.40. The molecule has 2 heteroatoms. The van der Waals surface area contributed by atoms with Gasteiger partial charge in [-0.2, -0.15) is 0 Å². The van der Waals surface area contributed by atoms with Crippen molar-refractivity contribution in [2.24, 2.45) is 0 Å². The maximum absolute atomic E-state index is 11.3. The topological polar surface area (TPSA) is 20.3 Å². The summed E-state index contributed by atoms with van der Waals surface area (Å²) in [6, 6.07) is 0.734. The largest absolute Gasteiger partial charge is 0.298 e. The van der Waals surface area contributed by atoms with Gasteiger partial charge in [-0.1, -0.05) is 19.3 Å². The fourth-order valence-corrected chi connectivity index (χ4v) is 2.62. The molecule has 1 saturated carbocycles. The fourth-order valence-electron chi connectivity index (χ4n) is 2.62. The van der Waals surface area contributed by atoms with Gasteiger partial charge in [0.25, 0.3) is 0 Å². The molecule has 0 aromatic heterocycles. The first kappa shape index (κ1) is 9.20. The molecule has 0 atom stereocenters. The number of nitrogens with zero attached hydrogens (tertiary/aromatic N) is 1. The first-order chi connectivity index (χ1) is 6.36. The van der Waals surface area contributed by atoms with Crippen LogP contribution in [0.5, 0.6) is 0 Å². The van der Waals surface area contributed by atoms with Crippen molar-refractivity contribution in [3.63, 3.8) is 0 Å². The average Bonchev–Trinajstić information content (AvgIpc) is 2.19. The summed E-state index contributed by atoms with van der Waals surface area (Å²) in [5, 5.41) is 0. The number of hydrogen-bond acceptors (Lipinski definition) is 2. The van der Waals surface area contributed by atoms with Crippen molar-refractivity contribution < 1.29 is 4.79 Å². The molecule has 1 aliphatic heterocycles. The summed E-state index contributed by atoms with van der Waals surface area (Å²) in [6.07, 6.45) is 8.71. The molecule has 0 amide bonds. The third-order valence-corrected chi connectivity index (χ3v) is 3.37. The standard InChI is InChI=1S/C11H19NO/c13-11-7-4-8-12(9-11)10-5-2-1-3-6-10/h10H,1-9H2. The molecule has 13 heavy (non-hydrogen) atoms. The highest BCUT2D eigenvalue weighted by Crippen LogP contribution is 2.24. The van der Waals surface area contributed by atoms with Crippen molar-refractivity contribution in [3.05, 3.63) is 0 Å². The van der Waals surface area contributed by atoms with E-state index in [4.69, 9.17) is 0 Å². The lowest BCUT2D eigenvalue weighted by Crippen LogP contribution is -2.43. The Hall–Kier alpha value is -0.370. The Kier molecular flexibility index (Phi) is 2.99. The molecule has 1 saturated heterocycles. The van der Waals surface area contributed by atoms with Gasteiger partial charge in [-0.3, -0.25) is 9.69 Å². The number of carbonyl (C=O) groups is 1. The van der Waals surface area contributed by atoms with Crippen LogP contribution in [0.25, 0.3) is 0 Å². The van der Waals surface area contributed by atoms with Crippen molar-refractivity contribution in [1.82, 2.24) is 4.90 Å². The number of piperidine rings is 1. The molecule has 0 unspecified atom stereocenters. The Labute approximate surface area is 80.3 Å². The minimum Gasteiger partial charge on any atom is -0.298 e. The Balaban J connectivity index is 1.87. The lowest BCUT2D eigenvalue weighted by Gasteiger charge is -2.36. The quantitative estimate of drug-likeness (QED) is 0.616. The molecule has 2 rings (SSSR count). The van der Waals surface area contributed by atoms with E-state index in [2.05, 4.69) is 4.90 Å². The van der Waals surface area contributed by atoms with Crippen molar-refractivity contribution in [3.8, 4) is 0 Å². The molecule has 0 N–H and O–H groups in total. The van der Waals surface area contributed by atoms with Crippen LogP contribution in [0.1, 0.15) is 44.9 Å². The van der Waals surface area contributed by atoms with E-state index >= 15 is 0 Å². The highest BCUT2D eigenvalue weighted by atomic mass is 16.1. The maximum Gasteiger partial charge on any atom is 0.146 e. The van der Waals surface area contributed by atoms with Gasteiger partial charge in [-0.05, 0) is 25.8 Å². The third kappa shape index (κ3) is 2.31. The smallest absolute Gasteiger partial charge is 0.146 e. The van der Waals surface area contributed by atoms with Gasteiger partial charge < -0.3 is 0 Å². The molecule has 2 fully saturated rings. The Morgan fingerprint density at radius 3 is 2.54 bits per heavy atom. The second-order valence-electron chi connectivity index (χ2n) is 4.40. The van der Waals surface area contributed by atoms with Gasteiger partial charge in [0.2, 0.25) is 0 Å². The van der Waals surface area contributed by atoms with Crippen LogP contribution in [0, 0.1) is 0 Å². The summed E-state index contributed by atoms with van der Waals surface area (Å²) in [6.45, 7) is 1.90. The molecule has 0 aromatic rings. The summed E-state index contributed by atoms with van der Waals surface area (Å²) < 4.78 is 0. The molecular formula is C11H19NO. The van der Waals surface area contributed by atoms with Crippen molar-refractivity contribution >= 4 is 5.78 Å². The molecule has 0 spiro atoms. The zero-order valence-corrected chi connectivity index (χ0v) is 8.30. The zero-order chi connectivity index (χ0) is 9.10. The van der Waals surface area contributed by atoms with Gasteiger partial charge >= 0.3 is 0 Å². The first-order valence-electron chi connectivity index (χ1n) is 5.62. The van der Waals surface area contributed by atoms with Gasteiger partial charge in [0, 0.05) is 12.5 Å². The molecule has 2 aliphatic rings. The summed E-state index contributed by atoms with van der Waals surface area (Å²) in [4.78, 5) is 13.7. The molecule has 2 nitrogen and oxygen atoms in total. The normalized spacial score (nSPS) is 27.8. The summed E-state index contributed by atoms with van der Waals surface area (Å²) >= 11 is 0. The van der Waals surface area contributed by atoms with E-state index < -0.39 is 0 Å². The van der Waals surface area contributed by atoms with Crippen LogP contribution in [0.3, 0.4) is 0 Å². The molecule has 0 radical (unpaired) electrons. The van der Waals surface area contributed by atoms with Crippen molar-refractivity contribution in [2.75, 3.05) is 13.1 Å². The van der Waals surface area contributed by atoms with Crippen LogP contribution in [-0.4, -0.2) is 29.8 Å². The van der Waals surface area contributed by atoms with Crippen LogP contribution in [0.4, 0.5) is 0 Å². The lowest BCUT2D eigenvalue weighted by atomic mass is 9.93. The number of hydrogen-bond donors (Lipinski definition) is 0. The number of carbonyl (C=O) groups excluding carboxylic acids is 1. The van der Waals surface area contributed by atoms with Gasteiger partial charge in [0.1, 0.15) is 5.78 Å². The summed E-state index contributed by atoms with van der Waals surface area (Å²) in [7, 11) is 0.